The predicted octanol–water partition coefficient (Wildman–Crippen LogP) is 2.05. The van der Waals surface area contributed by atoms with Gasteiger partial charge in [-0.1, -0.05) is 0 Å². The van der Waals surface area contributed by atoms with Crippen LogP contribution in [0.25, 0.3) is 0 Å². The van der Waals surface area contributed by atoms with Crippen LogP contribution in [-0.4, -0.2) is 28.3 Å². The fraction of sp³-hybridized carbons (Fsp3) is 0.0667. The lowest BCUT2D eigenvalue weighted by atomic mass is 10.1. The summed E-state index contributed by atoms with van der Waals surface area (Å²) in [6.45, 7) is -0.193. The van der Waals surface area contributed by atoms with Crippen molar-refractivity contribution < 1.29 is 28.9 Å². The van der Waals surface area contributed by atoms with Crippen molar-refractivity contribution in [1.29, 1.82) is 0 Å². The fourth-order valence-electron chi connectivity index (χ4n) is 2.21. The molecule has 0 unspecified atom stereocenters. The van der Waals surface area contributed by atoms with Crippen LogP contribution in [0.15, 0.2) is 36.4 Å². The molecule has 1 aliphatic rings. The van der Waals surface area contributed by atoms with E-state index in [-0.39, 0.29) is 29.6 Å². The van der Waals surface area contributed by atoms with Crippen molar-refractivity contribution in [1.82, 2.24) is 0 Å². The van der Waals surface area contributed by atoms with E-state index in [0.717, 1.165) is 18.2 Å². The van der Waals surface area contributed by atoms with Gasteiger partial charge in [-0.25, -0.2) is 4.79 Å². The highest BCUT2D eigenvalue weighted by atomic mass is 16.6. The molecule has 1 heterocycles. The molecular formula is C15H9N3O8. The van der Waals surface area contributed by atoms with E-state index in [1.165, 1.54) is 18.2 Å². The molecule has 2 aromatic carbocycles. The number of carbonyl (C=O) groups excluding carboxylic acids is 2. The average Bonchev–Trinajstić information content (AvgIpc) is 2.61. The maximum Gasteiger partial charge on any atom is 0.344 e. The van der Waals surface area contributed by atoms with Gasteiger partial charge < -0.3 is 14.8 Å². The molecule has 1 aliphatic heterocycles. The van der Waals surface area contributed by atoms with Gasteiger partial charge in [0, 0.05) is 18.2 Å². The molecule has 0 bridgehead atoms. The number of nitrogens with zero attached hydrogens (tertiary/aromatic N) is 2. The van der Waals surface area contributed by atoms with E-state index in [2.05, 4.69) is 5.32 Å². The Morgan fingerprint density at radius 2 is 1.73 bits per heavy atom. The second kappa shape index (κ2) is 6.47. The number of anilines is 1. The Kier molecular flexibility index (Phi) is 4.19. The van der Waals surface area contributed by atoms with Crippen molar-refractivity contribution in [3.05, 3.63) is 62.2 Å². The first-order valence-corrected chi connectivity index (χ1v) is 7.06. The van der Waals surface area contributed by atoms with Crippen molar-refractivity contribution >= 4 is 28.9 Å². The number of ether oxygens (including phenoxy) is 2. The van der Waals surface area contributed by atoms with Crippen LogP contribution in [-0.2, 0) is 4.79 Å². The molecule has 11 nitrogen and oxygen atoms in total. The summed E-state index contributed by atoms with van der Waals surface area (Å²) in [5.41, 5.74) is -1.17. The number of rotatable bonds is 4. The lowest BCUT2D eigenvalue weighted by Gasteiger charge is -2.18. The number of nitro benzene ring substituents is 2. The molecule has 0 atom stereocenters. The van der Waals surface area contributed by atoms with Gasteiger partial charge in [0.05, 0.1) is 27.2 Å². The number of non-ortho nitro benzene ring substituents is 2. The van der Waals surface area contributed by atoms with Crippen molar-refractivity contribution in [2.75, 3.05) is 11.9 Å². The molecule has 0 aliphatic carbocycles. The fourth-order valence-corrected chi connectivity index (χ4v) is 2.21. The molecule has 26 heavy (non-hydrogen) atoms. The summed E-state index contributed by atoms with van der Waals surface area (Å²) >= 11 is 0. The average molecular weight is 359 g/mol. The highest BCUT2D eigenvalue weighted by Crippen LogP contribution is 2.32. The van der Waals surface area contributed by atoms with E-state index in [0.29, 0.717) is 5.69 Å². The van der Waals surface area contributed by atoms with Gasteiger partial charge in [0.15, 0.2) is 6.61 Å². The zero-order valence-electron chi connectivity index (χ0n) is 12.8. The molecule has 132 valence electrons. The van der Waals surface area contributed by atoms with E-state index in [1.807, 2.05) is 0 Å². The largest absolute Gasteiger partial charge is 0.481 e. The van der Waals surface area contributed by atoms with Gasteiger partial charge in [-0.15, -0.1) is 0 Å². The van der Waals surface area contributed by atoms with Crippen LogP contribution in [0.1, 0.15) is 10.4 Å². The molecule has 0 radical (unpaired) electrons. The van der Waals surface area contributed by atoms with Gasteiger partial charge in [0.1, 0.15) is 11.5 Å². The third-order valence-electron chi connectivity index (χ3n) is 3.36. The molecule has 0 saturated heterocycles. The van der Waals surface area contributed by atoms with Crippen LogP contribution in [0.2, 0.25) is 0 Å². The van der Waals surface area contributed by atoms with Crippen LogP contribution in [0, 0.1) is 20.2 Å². The van der Waals surface area contributed by atoms with Crippen LogP contribution in [0.4, 0.5) is 17.1 Å². The summed E-state index contributed by atoms with van der Waals surface area (Å²) in [5, 5.41) is 24.3. The number of esters is 1. The Morgan fingerprint density at radius 1 is 1.08 bits per heavy atom. The normalized spacial score (nSPS) is 12.4. The lowest BCUT2D eigenvalue weighted by Crippen LogP contribution is -2.25. The van der Waals surface area contributed by atoms with Gasteiger partial charge in [-0.3, -0.25) is 25.0 Å². The number of hydrogen-bond acceptors (Lipinski definition) is 8. The van der Waals surface area contributed by atoms with Gasteiger partial charge >= 0.3 is 5.97 Å². The van der Waals surface area contributed by atoms with Crippen molar-refractivity contribution in [3.8, 4) is 11.5 Å². The maximum absolute atomic E-state index is 12.2. The number of amides is 1. The molecule has 0 spiro atoms. The minimum atomic E-state index is -1.02. The highest BCUT2D eigenvalue weighted by molar-refractivity contribution is 5.96. The van der Waals surface area contributed by atoms with Gasteiger partial charge in [-0.2, -0.15) is 0 Å². The van der Waals surface area contributed by atoms with Crippen LogP contribution in [0.5, 0.6) is 11.5 Å². The Balaban J connectivity index is 1.87. The molecule has 0 saturated carbocycles. The minimum Gasteiger partial charge on any atom is -0.481 e. The third kappa shape index (κ3) is 3.40. The molecular weight excluding hydrogens is 350 g/mol. The Labute approximate surface area is 144 Å². The third-order valence-corrected chi connectivity index (χ3v) is 3.36. The van der Waals surface area contributed by atoms with Crippen LogP contribution >= 0.6 is 0 Å². The van der Waals surface area contributed by atoms with E-state index in [4.69, 9.17) is 9.47 Å². The summed E-state index contributed by atoms with van der Waals surface area (Å²) in [7, 11) is 0. The SMILES string of the molecule is O=C1COc2cc(OC(=O)c3cc([N+](=O)[O-])cc([N+](=O)[O-])c3)ccc2N1. The topological polar surface area (TPSA) is 151 Å². The number of nitro groups is 2. The summed E-state index contributed by atoms with van der Waals surface area (Å²) < 4.78 is 10.3. The zero-order chi connectivity index (χ0) is 18.8. The zero-order valence-corrected chi connectivity index (χ0v) is 12.8. The van der Waals surface area contributed by atoms with Crippen LogP contribution in [0.3, 0.4) is 0 Å². The van der Waals surface area contributed by atoms with E-state index in [1.54, 1.807) is 0 Å². The Bertz CT molecular complexity index is 924. The first-order valence-electron chi connectivity index (χ1n) is 7.06. The highest BCUT2D eigenvalue weighted by Gasteiger charge is 2.22. The summed E-state index contributed by atoms with van der Waals surface area (Å²) in [6, 6.07) is 6.67. The quantitative estimate of drug-likeness (QED) is 0.377. The number of carbonyl (C=O) groups is 2. The molecule has 2 aromatic rings. The first kappa shape index (κ1) is 16.8. The van der Waals surface area contributed by atoms with Gasteiger partial charge in [0.25, 0.3) is 17.3 Å². The maximum atomic E-state index is 12.2. The van der Waals surface area contributed by atoms with Gasteiger partial charge in [0.2, 0.25) is 0 Å². The molecule has 3 rings (SSSR count). The molecule has 11 heteroatoms. The van der Waals surface area contributed by atoms with E-state index in [9.17, 15) is 29.8 Å². The van der Waals surface area contributed by atoms with E-state index >= 15 is 0 Å². The molecule has 0 fully saturated rings. The number of fused-ring (bicyclic) bond motifs is 1. The lowest BCUT2D eigenvalue weighted by molar-refractivity contribution is -0.394. The first-order chi connectivity index (χ1) is 12.3. The summed E-state index contributed by atoms with van der Waals surface area (Å²) in [4.78, 5) is 43.5. The monoisotopic (exact) mass is 359 g/mol. The van der Waals surface area contributed by atoms with Crippen molar-refractivity contribution in [2.24, 2.45) is 0 Å². The minimum absolute atomic E-state index is 0.0408. The molecule has 1 amide bonds. The standard InChI is InChI=1S/C15H9N3O8/c19-14-7-25-13-6-11(1-2-12(13)16-14)26-15(20)8-3-9(17(21)22)5-10(4-8)18(23)24/h1-6H,7H2,(H,16,19). The Hall–Kier alpha value is -4.02. The number of benzene rings is 2. The van der Waals surface area contributed by atoms with Crippen molar-refractivity contribution in [2.45, 2.75) is 0 Å². The van der Waals surface area contributed by atoms with Crippen LogP contribution < -0.4 is 14.8 Å². The molecule has 1 N–H and O–H groups in total. The Morgan fingerprint density at radius 3 is 2.35 bits per heavy atom. The predicted molar refractivity (Wildman–Crippen MR) is 85.3 cm³/mol. The van der Waals surface area contributed by atoms with Crippen molar-refractivity contribution in [3.63, 3.8) is 0 Å². The van der Waals surface area contributed by atoms with Gasteiger partial charge in [-0.05, 0) is 12.1 Å². The molecule has 0 aromatic heterocycles. The number of hydrogen-bond donors (Lipinski definition) is 1. The second-order valence-electron chi connectivity index (χ2n) is 5.14. The summed E-state index contributed by atoms with van der Waals surface area (Å²) in [5.74, 6) is -1.03. The smallest absolute Gasteiger partial charge is 0.344 e. The number of nitrogens with one attached hydrogen (secondary N) is 1. The second-order valence-corrected chi connectivity index (χ2v) is 5.14. The summed E-state index contributed by atoms with van der Waals surface area (Å²) in [6.07, 6.45) is 0. The van der Waals surface area contributed by atoms with E-state index < -0.39 is 27.2 Å².